The Morgan fingerprint density at radius 2 is 2.00 bits per heavy atom. The zero-order chi connectivity index (χ0) is 11.7. The number of aliphatic hydroxyl groups is 1. The van der Waals surface area contributed by atoms with Crippen molar-refractivity contribution in [2.45, 2.75) is 38.9 Å². The fraction of sp³-hybridized carbons (Fsp3) is 0.700. The molecule has 15 heavy (non-hydrogen) atoms. The molecular weight excluding hydrogens is 191 g/mol. The Bertz CT molecular complexity index is 328. The molecule has 0 aliphatic heterocycles. The molecule has 0 aliphatic rings. The van der Waals surface area contributed by atoms with Gasteiger partial charge < -0.3 is 14.3 Å². The van der Waals surface area contributed by atoms with E-state index < -0.39 is 11.2 Å². The topological polar surface area (TPSA) is 47.3 Å². The SMILES string of the molecule is Cn1cncc1BOC(C)(C)C(C)(C)O. The van der Waals surface area contributed by atoms with Gasteiger partial charge in [-0.05, 0) is 27.7 Å². The zero-order valence-corrected chi connectivity index (χ0v) is 10.1. The van der Waals surface area contributed by atoms with Crippen LogP contribution in [0.25, 0.3) is 0 Å². The van der Waals surface area contributed by atoms with Crippen LogP contribution in [0.1, 0.15) is 27.7 Å². The maximum atomic E-state index is 9.90. The third-order valence-corrected chi connectivity index (χ3v) is 2.97. The normalized spacial score (nSPS) is 12.9. The second kappa shape index (κ2) is 3.98. The second-order valence-electron chi connectivity index (χ2n) is 4.85. The van der Waals surface area contributed by atoms with Crippen molar-refractivity contribution in [1.29, 1.82) is 0 Å². The first-order valence-corrected chi connectivity index (χ1v) is 5.05. The van der Waals surface area contributed by atoms with Crippen LogP contribution in [0.4, 0.5) is 0 Å². The summed E-state index contributed by atoms with van der Waals surface area (Å²) in [4.78, 5) is 4.01. The predicted molar refractivity (Wildman–Crippen MR) is 61.5 cm³/mol. The molecule has 0 unspecified atom stereocenters. The lowest BCUT2D eigenvalue weighted by molar-refractivity contribution is -0.0894. The van der Waals surface area contributed by atoms with Crippen LogP contribution in [0.2, 0.25) is 0 Å². The average molecular weight is 210 g/mol. The van der Waals surface area contributed by atoms with Crippen LogP contribution in [0.5, 0.6) is 0 Å². The van der Waals surface area contributed by atoms with Crippen molar-refractivity contribution >= 4 is 13.1 Å². The summed E-state index contributed by atoms with van der Waals surface area (Å²) < 4.78 is 7.61. The Kier molecular flexibility index (Phi) is 3.26. The molecule has 0 aliphatic carbocycles. The average Bonchev–Trinajstić information content (AvgIpc) is 2.46. The van der Waals surface area contributed by atoms with Crippen LogP contribution in [0.15, 0.2) is 12.5 Å². The van der Waals surface area contributed by atoms with Crippen LogP contribution in [-0.2, 0) is 11.7 Å². The van der Waals surface area contributed by atoms with E-state index in [2.05, 4.69) is 4.98 Å². The van der Waals surface area contributed by atoms with Crippen LogP contribution in [-0.4, -0.2) is 33.3 Å². The summed E-state index contributed by atoms with van der Waals surface area (Å²) in [6.07, 6.45) is 3.50. The van der Waals surface area contributed by atoms with Crippen LogP contribution >= 0.6 is 0 Å². The minimum Gasteiger partial charge on any atom is -0.425 e. The van der Waals surface area contributed by atoms with Gasteiger partial charge in [0, 0.05) is 18.8 Å². The second-order valence-corrected chi connectivity index (χ2v) is 4.85. The van der Waals surface area contributed by atoms with E-state index in [0.29, 0.717) is 7.48 Å². The van der Waals surface area contributed by atoms with Crippen molar-refractivity contribution in [1.82, 2.24) is 9.55 Å². The lowest BCUT2D eigenvalue weighted by Crippen LogP contribution is -2.49. The fourth-order valence-electron chi connectivity index (χ4n) is 0.955. The standard InChI is InChI=1S/C10H19BN2O2/c1-9(2,14)10(3,4)15-11-8-6-12-7-13(8)5/h6-7,11,14H,1-5H3. The quantitative estimate of drug-likeness (QED) is 0.709. The minimum absolute atomic E-state index is 0.452. The molecule has 1 aromatic heterocycles. The summed E-state index contributed by atoms with van der Waals surface area (Å²) in [6, 6.07) is 0. The molecule has 0 amide bonds. The Morgan fingerprint density at radius 1 is 1.40 bits per heavy atom. The van der Waals surface area contributed by atoms with Gasteiger partial charge in [-0.15, -0.1) is 0 Å². The third kappa shape index (κ3) is 2.82. The molecule has 0 saturated carbocycles. The minimum atomic E-state index is -0.869. The Morgan fingerprint density at radius 3 is 2.40 bits per heavy atom. The van der Waals surface area contributed by atoms with Gasteiger partial charge in [0.1, 0.15) is 0 Å². The van der Waals surface area contributed by atoms with Crippen LogP contribution in [0.3, 0.4) is 0 Å². The number of rotatable bonds is 4. The van der Waals surface area contributed by atoms with Crippen LogP contribution < -0.4 is 5.59 Å². The Balaban J connectivity index is 2.61. The summed E-state index contributed by atoms with van der Waals surface area (Å²) >= 11 is 0. The van der Waals surface area contributed by atoms with E-state index in [0.717, 1.165) is 5.59 Å². The van der Waals surface area contributed by atoms with Gasteiger partial charge in [0.15, 0.2) is 0 Å². The zero-order valence-electron chi connectivity index (χ0n) is 10.1. The Hall–Kier alpha value is -0.805. The molecule has 4 nitrogen and oxygen atoms in total. The molecule has 0 aromatic carbocycles. The van der Waals surface area contributed by atoms with Gasteiger partial charge >= 0.3 is 7.48 Å². The summed E-state index contributed by atoms with van der Waals surface area (Å²) in [5.74, 6) is 0. The van der Waals surface area contributed by atoms with Gasteiger partial charge in [-0.2, -0.15) is 0 Å². The van der Waals surface area contributed by atoms with Gasteiger partial charge in [-0.3, -0.25) is 0 Å². The molecule has 1 N–H and O–H groups in total. The monoisotopic (exact) mass is 210 g/mol. The lowest BCUT2D eigenvalue weighted by atomic mass is 9.85. The molecule has 0 bridgehead atoms. The predicted octanol–water partition coefficient (Wildman–Crippen LogP) is -0.0370. The number of hydrogen-bond acceptors (Lipinski definition) is 3. The van der Waals surface area contributed by atoms with E-state index in [1.807, 2.05) is 25.5 Å². The molecule has 1 heterocycles. The van der Waals surface area contributed by atoms with Gasteiger partial charge in [0.05, 0.1) is 17.5 Å². The van der Waals surface area contributed by atoms with Gasteiger partial charge in [-0.25, -0.2) is 4.98 Å². The third-order valence-electron chi connectivity index (χ3n) is 2.97. The first-order valence-electron chi connectivity index (χ1n) is 5.05. The first kappa shape index (κ1) is 12.3. The molecule has 1 aromatic rings. The first-order chi connectivity index (χ1) is 6.74. The maximum Gasteiger partial charge on any atom is 0.328 e. The Labute approximate surface area is 91.6 Å². The summed E-state index contributed by atoms with van der Waals surface area (Å²) in [6.45, 7) is 7.25. The van der Waals surface area contributed by atoms with Crippen molar-refractivity contribution < 1.29 is 9.76 Å². The van der Waals surface area contributed by atoms with E-state index in [9.17, 15) is 5.11 Å². The van der Waals surface area contributed by atoms with Crippen molar-refractivity contribution in [2.24, 2.45) is 7.05 Å². The largest absolute Gasteiger partial charge is 0.425 e. The van der Waals surface area contributed by atoms with Gasteiger partial charge in [0.2, 0.25) is 0 Å². The van der Waals surface area contributed by atoms with E-state index in [-0.39, 0.29) is 0 Å². The fourth-order valence-corrected chi connectivity index (χ4v) is 0.955. The van der Waals surface area contributed by atoms with E-state index in [1.54, 1.807) is 26.4 Å². The highest BCUT2D eigenvalue weighted by atomic mass is 16.5. The lowest BCUT2D eigenvalue weighted by Gasteiger charge is -2.37. The van der Waals surface area contributed by atoms with Crippen molar-refractivity contribution in [3.05, 3.63) is 12.5 Å². The maximum absolute atomic E-state index is 9.90. The number of imidazole rings is 1. The molecule has 1 rings (SSSR count). The molecule has 84 valence electrons. The molecule has 0 fully saturated rings. The smallest absolute Gasteiger partial charge is 0.328 e. The van der Waals surface area contributed by atoms with E-state index in [1.165, 1.54) is 0 Å². The molecule has 0 saturated heterocycles. The summed E-state index contributed by atoms with van der Waals surface area (Å²) in [7, 11) is 2.37. The van der Waals surface area contributed by atoms with Crippen molar-refractivity contribution in [3.8, 4) is 0 Å². The number of aromatic nitrogens is 2. The molecule has 5 heteroatoms. The van der Waals surface area contributed by atoms with Crippen molar-refractivity contribution in [2.75, 3.05) is 0 Å². The highest BCUT2D eigenvalue weighted by Gasteiger charge is 2.35. The molecule has 0 radical (unpaired) electrons. The van der Waals surface area contributed by atoms with Gasteiger partial charge in [-0.1, -0.05) is 0 Å². The number of nitrogens with zero attached hydrogens (tertiary/aromatic N) is 2. The van der Waals surface area contributed by atoms with E-state index in [4.69, 9.17) is 4.65 Å². The highest BCUT2D eigenvalue weighted by Crippen LogP contribution is 2.24. The number of aryl methyl sites for hydroxylation is 1. The number of hydrogen-bond donors (Lipinski definition) is 1. The summed E-state index contributed by atoms with van der Waals surface area (Å²) in [5, 5.41) is 9.90. The molecule has 0 atom stereocenters. The summed E-state index contributed by atoms with van der Waals surface area (Å²) in [5.41, 5.74) is -0.463. The van der Waals surface area contributed by atoms with Crippen molar-refractivity contribution in [3.63, 3.8) is 0 Å². The molecule has 0 spiro atoms. The van der Waals surface area contributed by atoms with Crippen LogP contribution in [0, 0.1) is 0 Å². The van der Waals surface area contributed by atoms with Gasteiger partial charge in [0.25, 0.3) is 0 Å². The molecular formula is C10H19BN2O2. The van der Waals surface area contributed by atoms with E-state index >= 15 is 0 Å². The highest BCUT2D eigenvalue weighted by molar-refractivity contribution is 6.45.